The van der Waals surface area contributed by atoms with Gasteiger partial charge in [-0.05, 0) is 19.4 Å². The van der Waals surface area contributed by atoms with E-state index in [1.165, 1.54) is 7.11 Å². The van der Waals surface area contributed by atoms with Gasteiger partial charge in [-0.25, -0.2) is 0 Å². The Balaban J connectivity index is 2.84. The van der Waals surface area contributed by atoms with Gasteiger partial charge in [0.05, 0.1) is 19.8 Å². The lowest BCUT2D eigenvalue weighted by molar-refractivity contribution is -0.147. The van der Waals surface area contributed by atoms with Crippen LogP contribution in [0.4, 0.5) is 0 Å². The molecule has 1 aromatic rings. The van der Waals surface area contributed by atoms with Gasteiger partial charge in [-0.15, -0.1) is 0 Å². The Morgan fingerprint density at radius 3 is 2.39 bits per heavy atom. The minimum absolute atomic E-state index is 0.0506. The molecule has 100 valence electrons. The van der Waals surface area contributed by atoms with E-state index in [1.807, 2.05) is 30.3 Å². The van der Waals surface area contributed by atoms with Gasteiger partial charge in [0.1, 0.15) is 5.54 Å². The van der Waals surface area contributed by atoms with Crippen LogP contribution in [0.25, 0.3) is 0 Å². The molecule has 18 heavy (non-hydrogen) atoms. The second-order valence-corrected chi connectivity index (χ2v) is 4.68. The van der Waals surface area contributed by atoms with Gasteiger partial charge in [-0.2, -0.15) is 0 Å². The number of carbonyl (C=O) groups is 1. The van der Waals surface area contributed by atoms with Crippen LogP contribution >= 0.6 is 0 Å². The van der Waals surface area contributed by atoms with Crippen molar-refractivity contribution in [2.24, 2.45) is 0 Å². The molecule has 0 aliphatic heterocycles. The summed E-state index contributed by atoms with van der Waals surface area (Å²) >= 11 is 0. The van der Waals surface area contributed by atoms with Crippen molar-refractivity contribution >= 4 is 5.97 Å². The fraction of sp³-hybridized carbons (Fsp3) is 0.500. The third-order valence-electron chi connectivity index (χ3n) is 2.77. The summed E-state index contributed by atoms with van der Waals surface area (Å²) in [5.74, 6) is -0.292. The summed E-state index contributed by atoms with van der Waals surface area (Å²) in [6, 6.07) is 9.84. The highest BCUT2D eigenvalue weighted by atomic mass is 16.5. The first-order chi connectivity index (χ1) is 8.51. The Labute approximate surface area is 108 Å². The average molecular weight is 251 g/mol. The summed E-state index contributed by atoms with van der Waals surface area (Å²) in [4.78, 5) is 11.7. The van der Waals surface area contributed by atoms with Crippen molar-refractivity contribution < 1.29 is 14.3 Å². The van der Waals surface area contributed by atoms with Crippen LogP contribution in [0.3, 0.4) is 0 Å². The second kappa shape index (κ2) is 6.52. The number of ether oxygens (including phenoxy) is 2. The van der Waals surface area contributed by atoms with Gasteiger partial charge in [0, 0.05) is 7.11 Å². The van der Waals surface area contributed by atoms with E-state index in [0.717, 1.165) is 5.56 Å². The summed E-state index contributed by atoms with van der Waals surface area (Å²) in [7, 11) is 3.03. The van der Waals surface area contributed by atoms with Crippen LogP contribution in [0, 0.1) is 0 Å². The van der Waals surface area contributed by atoms with E-state index in [2.05, 4.69) is 5.32 Å². The molecule has 0 spiro atoms. The third kappa shape index (κ3) is 3.82. The number of rotatable bonds is 6. The van der Waals surface area contributed by atoms with E-state index >= 15 is 0 Å². The maximum atomic E-state index is 11.7. The average Bonchev–Trinajstić information content (AvgIpc) is 2.38. The lowest BCUT2D eigenvalue weighted by Gasteiger charge is -2.29. The standard InChI is InChI=1S/C14H21NO3/c1-14(2,13(16)18-4)15-12(10-17-3)11-8-6-5-7-9-11/h5-9,12,15H,10H2,1-4H3. The van der Waals surface area contributed by atoms with Gasteiger partial charge in [-0.3, -0.25) is 10.1 Å². The summed E-state index contributed by atoms with van der Waals surface area (Å²) in [6.07, 6.45) is 0. The zero-order chi connectivity index (χ0) is 13.6. The molecule has 0 aliphatic carbocycles. The molecule has 1 unspecified atom stereocenters. The van der Waals surface area contributed by atoms with Crippen LogP contribution in [0.5, 0.6) is 0 Å². The van der Waals surface area contributed by atoms with Crippen LogP contribution in [0.15, 0.2) is 30.3 Å². The Hall–Kier alpha value is -1.39. The molecule has 0 amide bonds. The highest BCUT2D eigenvalue weighted by Crippen LogP contribution is 2.18. The number of benzene rings is 1. The molecule has 1 rings (SSSR count). The minimum atomic E-state index is -0.756. The zero-order valence-corrected chi connectivity index (χ0v) is 11.4. The molecule has 0 heterocycles. The first-order valence-corrected chi connectivity index (χ1v) is 5.91. The monoisotopic (exact) mass is 251 g/mol. The Bertz CT molecular complexity index is 376. The molecule has 1 atom stereocenters. The highest BCUT2D eigenvalue weighted by Gasteiger charge is 2.31. The lowest BCUT2D eigenvalue weighted by atomic mass is 10.0. The molecule has 0 fully saturated rings. The number of esters is 1. The largest absolute Gasteiger partial charge is 0.468 e. The minimum Gasteiger partial charge on any atom is -0.468 e. The predicted octanol–water partition coefficient (Wildman–Crippen LogP) is 1.92. The van der Waals surface area contributed by atoms with Crippen molar-refractivity contribution in [2.45, 2.75) is 25.4 Å². The second-order valence-electron chi connectivity index (χ2n) is 4.68. The van der Waals surface area contributed by atoms with E-state index < -0.39 is 5.54 Å². The predicted molar refractivity (Wildman–Crippen MR) is 70.3 cm³/mol. The van der Waals surface area contributed by atoms with Crippen molar-refractivity contribution in [3.8, 4) is 0 Å². The topological polar surface area (TPSA) is 47.6 Å². The van der Waals surface area contributed by atoms with Crippen LogP contribution < -0.4 is 5.32 Å². The molecule has 1 N–H and O–H groups in total. The maximum absolute atomic E-state index is 11.7. The van der Waals surface area contributed by atoms with Gasteiger partial charge in [0.2, 0.25) is 0 Å². The molecule has 0 aromatic heterocycles. The zero-order valence-electron chi connectivity index (χ0n) is 11.4. The third-order valence-corrected chi connectivity index (χ3v) is 2.77. The molecule has 4 heteroatoms. The van der Waals surface area contributed by atoms with Gasteiger partial charge in [0.15, 0.2) is 0 Å². The van der Waals surface area contributed by atoms with Crippen molar-refractivity contribution in [1.29, 1.82) is 0 Å². The molecule has 0 bridgehead atoms. The fourth-order valence-electron chi connectivity index (χ4n) is 1.82. The lowest BCUT2D eigenvalue weighted by Crippen LogP contribution is -2.50. The normalized spacial score (nSPS) is 13.1. The van der Waals surface area contributed by atoms with Crippen LogP contribution in [-0.4, -0.2) is 32.3 Å². The molecule has 4 nitrogen and oxygen atoms in total. The smallest absolute Gasteiger partial charge is 0.325 e. The highest BCUT2D eigenvalue weighted by molar-refractivity contribution is 5.79. The Morgan fingerprint density at radius 1 is 1.28 bits per heavy atom. The summed E-state index contributed by atoms with van der Waals surface area (Å²) in [5.41, 5.74) is 0.324. The molecule has 0 radical (unpaired) electrons. The molecular weight excluding hydrogens is 230 g/mol. The first-order valence-electron chi connectivity index (χ1n) is 5.91. The fourth-order valence-corrected chi connectivity index (χ4v) is 1.82. The molecular formula is C14H21NO3. The van der Waals surface area contributed by atoms with Gasteiger partial charge < -0.3 is 9.47 Å². The molecule has 0 aliphatic rings. The van der Waals surface area contributed by atoms with E-state index in [4.69, 9.17) is 9.47 Å². The van der Waals surface area contributed by atoms with Crippen LogP contribution in [-0.2, 0) is 14.3 Å². The van der Waals surface area contributed by atoms with E-state index in [9.17, 15) is 4.79 Å². The van der Waals surface area contributed by atoms with Gasteiger partial charge >= 0.3 is 5.97 Å². The number of hydrogen-bond acceptors (Lipinski definition) is 4. The summed E-state index contributed by atoms with van der Waals surface area (Å²) in [5, 5.41) is 3.26. The SMILES string of the molecule is COCC(NC(C)(C)C(=O)OC)c1ccccc1. The number of hydrogen-bond donors (Lipinski definition) is 1. The molecule has 1 aromatic carbocycles. The van der Waals surface area contributed by atoms with Gasteiger partial charge in [0.25, 0.3) is 0 Å². The number of nitrogens with one attached hydrogen (secondary N) is 1. The number of methoxy groups -OCH3 is 2. The van der Waals surface area contributed by atoms with E-state index in [0.29, 0.717) is 6.61 Å². The maximum Gasteiger partial charge on any atom is 0.325 e. The summed E-state index contributed by atoms with van der Waals surface area (Å²) < 4.78 is 9.99. The van der Waals surface area contributed by atoms with Crippen molar-refractivity contribution in [2.75, 3.05) is 20.8 Å². The van der Waals surface area contributed by atoms with Crippen molar-refractivity contribution in [3.05, 3.63) is 35.9 Å². The van der Waals surface area contributed by atoms with Crippen LogP contribution in [0.1, 0.15) is 25.5 Å². The van der Waals surface area contributed by atoms with Crippen molar-refractivity contribution in [1.82, 2.24) is 5.32 Å². The molecule has 0 saturated heterocycles. The van der Waals surface area contributed by atoms with E-state index in [-0.39, 0.29) is 12.0 Å². The van der Waals surface area contributed by atoms with Crippen LogP contribution in [0.2, 0.25) is 0 Å². The van der Waals surface area contributed by atoms with Gasteiger partial charge in [-0.1, -0.05) is 30.3 Å². The van der Waals surface area contributed by atoms with E-state index in [1.54, 1.807) is 21.0 Å². The van der Waals surface area contributed by atoms with Crippen molar-refractivity contribution in [3.63, 3.8) is 0 Å². The molecule has 0 saturated carbocycles. The Morgan fingerprint density at radius 2 is 1.89 bits per heavy atom. The quantitative estimate of drug-likeness (QED) is 0.785. The summed E-state index contributed by atoms with van der Waals surface area (Å²) in [6.45, 7) is 4.08. The Kier molecular flexibility index (Phi) is 5.31. The first kappa shape index (κ1) is 14.7. The number of carbonyl (C=O) groups excluding carboxylic acids is 1.